The van der Waals surface area contributed by atoms with Crippen molar-refractivity contribution in [1.29, 1.82) is 0 Å². The third-order valence-electron chi connectivity index (χ3n) is 3.74. The van der Waals surface area contributed by atoms with Crippen molar-refractivity contribution in [2.75, 3.05) is 25.0 Å². The zero-order chi connectivity index (χ0) is 15.4. The average molecular weight is 290 g/mol. The molecule has 0 saturated heterocycles. The minimum absolute atomic E-state index is 0.0182. The highest BCUT2D eigenvalue weighted by Gasteiger charge is 2.28. The maximum atomic E-state index is 12.8. The van der Waals surface area contributed by atoms with Crippen molar-refractivity contribution in [3.8, 4) is 0 Å². The molecule has 1 N–H and O–H groups in total. The summed E-state index contributed by atoms with van der Waals surface area (Å²) in [5.41, 5.74) is 1.25. The number of aromatic nitrogens is 2. The number of rotatable bonds is 7. The molecule has 21 heavy (non-hydrogen) atoms. The predicted molar refractivity (Wildman–Crippen MR) is 84.6 cm³/mol. The molecule has 116 valence electrons. The van der Waals surface area contributed by atoms with Gasteiger partial charge in [-0.25, -0.2) is 9.97 Å². The Hall–Kier alpha value is -1.65. The molecule has 1 fully saturated rings. The number of nitrogens with zero attached hydrogens (tertiary/aromatic N) is 3. The Balaban J connectivity index is 2.28. The van der Waals surface area contributed by atoms with E-state index in [1.807, 2.05) is 32.6 Å². The fourth-order valence-corrected chi connectivity index (χ4v) is 2.27. The number of carbonyl (C=O) groups is 1. The smallest absolute Gasteiger partial charge is 0.274 e. The molecule has 0 spiro atoms. The molecule has 0 atom stereocenters. The van der Waals surface area contributed by atoms with Crippen LogP contribution in [0.3, 0.4) is 0 Å². The van der Waals surface area contributed by atoms with Gasteiger partial charge in [0, 0.05) is 25.6 Å². The maximum absolute atomic E-state index is 12.8. The lowest BCUT2D eigenvalue weighted by Gasteiger charge is -2.22. The highest BCUT2D eigenvalue weighted by molar-refractivity contribution is 5.97. The van der Waals surface area contributed by atoms with Crippen LogP contribution in [0.5, 0.6) is 0 Å². The summed E-state index contributed by atoms with van der Waals surface area (Å²) < 4.78 is 0. The number of anilines is 1. The number of hydrogen-bond donors (Lipinski definition) is 1. The molecule has 2 rings (SSSR count). The van der Waals surface area contributed by atoms with Crippen molar-refractivity contribution in [2.45, 2.75) is 46.5 Å². The standard InChI is InChI=1S/C16H26N4O/c1-5-17-13-9-18-15(11(3)4)19-14(13)16(21)20(6-2)10-12-7-8-12/h9,11-12,17H,5-8,10H2,1-4H3. The molecule has 1 saturated carbocycles. The van der Waals surface area contributed by atoms with E-state index >= 15 is 0 Å². The summed E-state index contributed by atoms with van der Waals surface area (Å²) in [6.45, 7) is 10.4. The molecule has 5 nitrogen and oxygen atoms in total. The molecule has 0 unspecified atom stereocenters. The van der Waals surface area contributed by atoms with E-state index < -0.39 is 0 Å². The lowest BCUT2D eigenvalue weighted by atomic mass is 10.2. The van der Waals surface area contributed by atoms with Crippen LogP contribution in [0, 0.1) is 5.92 Å². The summed E-state index contributed by atoms with van der Waals surface area (Å²) in [5, 5.41) is 3.20. The van der Waals surface area contributed by atoms with Crippen LogP contribution >= 0.6 is 0 Å². The van der Waals surface area contributed by atoms with Crippen molar-refractivity contribution >= 4 is 11.6 Å². The largest absolute Gasteiger partial charge is 0.382 e. The van der Waals surface area contributed by atoms with Crippen LogP contribution in [-0.2, 0) is 0 Å². The van der Waals surface area contributed by atoms with Crippen LogP contribution < -0.4 is 5.32 Å². The van der Waals surface area contributed by atoms with Gasteiger partial charge < -0.3 is 10.2 Å². The van der Waals surface area contributed by atoms with Crippen molar-refractivity contribution in [2.24, 2.45) is 5.92 Å². The summed E-state index contributed by atoms with van der Waals surface area (Å²) in [4.78, 5) is 23.6. The Morgan fingerprint density at radius 3 is 2.67 bits per heavy atom. The fraction of sp³-hybridized carbons (Fsp3) is 0.688. The number of hydrogen-bond acceptors (Lipinski definition) is 4. The summed E-state index contributed by atoms with van der Waals surface area (Å²) in [5.74, 6) is 1.64. The summed E-state index contributed by atoms with van der Waals surface area (Å²) in [6, 6.07) is 0. The van der Waals surface area contributed by atoms with E-state index in [9.17, 15) is 4.79 Å². The molecule has 1 amide bonds. The molecule has 1 aliphatic rings. The van der Waals surface area contributed by atoms with E-state index in [1.54, 1.807) is 6.20 Å². The van der Waals surface area contributed by atoms with Crippen LogP contribution in [0.1, 0.15) is 62.8 Å². The Morgan fingerprint density at radius 2 is 2.14 bits per heavy atom. The molecule has 0 aliphatic heterocycles. The number of carbonyl (C=O) groups excluding carboxylic acids is 1. The lowest BCUT2D eigenvalue weighted by molar-refractivity contribution is 0.0751. The monoisotopic (exact) mass is 290 g/mol. The molecular formula is C16H26N4O. The first-order valence-corrected chi connectivity index (χ1v) is 7.96. The van der Waals surface area contributed by atoms with E-state index in [0.29, 0.717) is 11.6 Å². The van der Waals surface area contributed by atoms with Crippen molar-refractivity contribution in [3.63, 3.8) is 0 Å². The van der Waals surface area contributed by atoms with Crippen molar-refractivity contribution in [1.82, 2.24) is 14.9 Å². The molecule has 1 aromatic heterocycles. The first-order valence-electron chi connectivity index (χ1n) is 7.96. The van der Waals surface area contributed by atoms with Gasteiger partial charge in [-0.1, -0.05) is 13.8 Å². The second-order valence-corrected chi connectivity index (χ2v) is 5.96. The van der Waals surface area contributed by atoms with E-state index in [4.69, 9.17) is 0 Å². The lowest BCUT2D eigenvalue weighted by Crippen LogP contribution is -2.34. The molecule has 0 aromatic carbocycles. The first-order chi connectivity index (χ1) is 10.1. The van der Waals surface area contributed by atoms with Gasteiger partial charge >= 0.3 is 0 Å². The molecule has 1 aliphatic carbocycles. The molecule has 0 bridgehead atoms. The van der Waals surface area contributed by atoms with Crippen LogP contribution in [0.2, 0.25) is 0 Å². The normalized spacial score (nSPS) is 14.3. The zero-order valence-electron chi connectivity index (χ0n) is 13.5. The third-order valence-corrected chi connectivity index (χ3v) is 3.74. The van der Waals surface area contributed by atoms with Gasteiger partial charge in [-0.05, 0) is 32.6 Å². The Bertz CT molecular complexity index is 497. The second-order valence-electron chi connectivity index (χ2n) is 5.96. The van der Waals surface area contributed by atoms with E-state index in [2.05, 4.69) is 15.3 Å². The van der Waals surface area contributed by atoms with E-state index in [-0.39, 0.29) is 11.8 Å². The molecule has 1 heterocycles. The van der Waals surface area contributed by atoms with E-state index in [1.165, 1.54) is 12.8 Å². The molecule has 1 aromatic rings. The van der Waals surface area contributed by atoms with Crippen molar-refractivity contribution < 1.29 is 4.79 Å². The third kappa shape index (κ3) is 3.93. The highest BCUT2D eigenvalue weighted by Crippen LogP contribution is 2.30. The zero-order valence-corrected chi connectivity index (χ0v) is 13.5. The van der Waals surface area contributed by atoms with Gasteiger partial charge in [0.05, 0.1) is 11.9 Å². The van der Waals surface area contributed by atoms with Gasteiger partial charge in [-0.15, -0.1) is 0 Å². The highest BCUT2D eigenvalue weighted by atomic mass is 16.2. The fourth-order valence-electron chi connectivity index (χ4n) is 2.27. The van der Waals surface area contributed by atoms with Crippen LogP contribution in [0.4, 0.5) is 5.69 Å². The minimum atomic E-state index is 0.0182. The summed E-state index contributed by atoms with van der Waals surface area (Å²) in [7, 11) is 0. The quantitative estimate of drug-likeness (QED) is 0.839. The number of amides is 1. The maximum Gasteiger partial charge on any atom is 0.274 e. The average Bonchev–Trinajstić information content (AvgIpc) is 3.28. The predicted octanol–water partition coefficient (Wildman–Crippen LogP) is 2.90. The van der Waals surface area contributed by atoms with Gasteiger partial charge in [0.1, 0.15) is 5.82 Å². The number of nitrogens with one attached hydrogen (secondary N) is 1. The molecular weight excluding hydrogens is 264 g/mol. The molecule has 5 heteroatoms. The molecule has 0 radical (unpaired) electrons. The van der Waals surface area contributed by atoms with Crippen molar-refractivity contribution in [3.05, 3.63) is 17.7 Å². The van der Waals surface area contributed by atoms with E-state index in [0.717, 1.165) is 31.1 Å². The van der Waals surface area contributed by atoms with Gasteiger partial charge in [0.25, 0.3) is 5.91 Å². The van der Waals surface area contributed by atoms with Gasteiger partial charge in [-0.2, -0.15) is 0 Å². The summed E-state index contributed by atoms with van der Waals surface area (Å²) in [6.07, 6.45) is 4.22. The van der Waals surface area contributed by atoms with Crippen LogP contribution in [0.15, 0.2) is 6.20 Å². The summed E-state index contributed by atoms with van der Waals surface area (Å²) >= 11 is 0. The topological polar surface area (TPSA) is 58.1 Å². The van der Waals surface area contributed by atoms with Crippen LogP contribution in [0.25, 0.3) is 0 Å². The van der Waals surface area contributed by atoms with Crippen LogP contribution in [-0.4, -0.2) is 40.4 Å². The first kappa shape index (κ1) is 15.7. The van der Waals surface area contributed by atoms with Gasteiger partial charge in [-0.3, -0.25) is 4.79 Å². The Labute approximate surface area is 127 Å². The van der Waals surface area contributed by atoms with Gasteiger partial charge in [0.2, 0.25) is 0 Å². The second kappa shape index (κ2) is 6.87. The Morgan fingerprint density at radius 1 is 1.43 bits per heavy atom. The van der Waals surface area contributed by atoms with Gasteiger partial charge in [0.15, 0.2) is 5.69 Å². The SMILES string of the molecule is CCNc1cnc(C(C)C)nc1C(=O)N(CC)CC1CC1. The minimum Gasteiger partial charge on any atom is -0.382 e. The Kier molecular flexibility index (Phi) is 5.15.